The highest BCUT2D eigenvalue weighted by Gasteiger charge is 2.24. The first kappa shape index (κ1) is 13.6. The average molecular weight is 311 g/mol. The minimum Gasteiger partial charge on any atom is -0.339 e. The molecule has 1 amide bonds. The van der Waals surface area contributed by atoms with Crippen LogP contribution in [0.3, 0.4) is 0 Å². The van der Waals surface area contributed by atoms with Crippen molar-refractivity contribution in [3.05, 3.63) is 34.3 Å². The van der Waals surface area contributed by atoms with Crippen LogP contribution in [0.2, 0.25) is 0 Å². The van der Waals surface area contributed by atoms with E-state index in [0.717, 1.165) is 23.1 Å². The first-order chi connectivity index (χ1) is 8.56. The highest BCUT2D eigenvalue weighted by Crippen LogP contribution is 2.17. The van der Waals surface area contributed by atoms with Crippen molar-refractivity contribution in [2.75, 3.05) is 13.1 Å². The molecule has 0 aromatic heterocycles. The summed E-state index contributed by atoms with van der Waals surface area (Å²) in [6.07, 6.45) is 0.473. The lowest BCUT2D eigenvalue weighted by atomic mass is 10.1. The summed E-state index contributed by atoms with van der Waals surface area (Å²) in [6.45, 7) is 5.84. The first-order valence-electron chi connectivity index (χ1n) is 6.33. The van der Waals surface area contributed by atoms with E-state index in [4.69, 9.17) is 0 Å². The highest BCUT2D eigenvalue weighted by atomic mass is 79.9. The van der Waals surface area contributed by atoms with Crippen molar-refractivity contribution in [2.24, 2.45) is 0 Å². The highest BCUT2D eigenvalue weighted by molar-refractivity contribution is 9.10. The lowest BCUT2D eigenvalue weighted by Gasteiger charge is -2.36. The van der Waals surface area contributed by atoms with Crippen molar-refractivity contribution in [1.82, 2.24) is 10.2 Å². The molecule has 1 aliphatic heterocycles. The minimum atomic E-state index is 0.210. The topological polar surface area (TPSA) is 32.3 Å². The van der Waals surface area contributed by atoms with Crippen molar-refractivity contribution in [3.63, 3.8) is 0 Å². The van der Waals surface area contributed by atoms with Gasteiger partial charge in [-0.1, -0.05) is 34.1 Å². The van der Waals surface area contributed by atoms with Gasteiger partial charge in [-0.25, -0.2) is 0 Å². The molecular formula is C14H19BrN2O. The number of rotatable bonds is 2. The third-order valence-electron chi connectivity index (χ3n) is 3.21. The third-order valence-corrected chi connectivity index (χ3v) is 3.98. The molecule has 1 aromatic carbocycles. The molecule has 2 rings (SSSR count). The molecule has 0 aliphatic carbocycles. The molecule has 98 valence electrons. The second-order valence-corrected chi connectivity index (χ2v) is 5.89. The largest absolute Gasteiger partial charge is 0.339 e. The zero-order chi connectivity index (χ0) is 13.1. The van der Waals surface area contributed by atoms with Crippen LogP contribution in [0.15, 0.2) is 28.7 Å². The van der Waals surface area contributed by atoms with Gasteiger partial charge in [-0.2, -0.15) is 0 Å². The van der Waals surface area contributed by atoms with Gasteiger partial charge in [0.15, 0.2) is 0 Å². The summed E-state index contributed by atoms with van der Waals surface area (Å²) in [6, 6.07) is 8.65. The molecule has 1 N–H and O–H groups in total. The van der Waals surface area contributed by atoms with E-state index in [-0.39, 0.29) is 5.91 Å². The molecule has 1 fully saturated rings. The molecule has 0 spiro atoms. The van der Waals surface area contributed by atoms with Crippen LogP contribution in [0.5, 0.6) is 0 Å². The zero-order valence-electron chi connectivity index (χ0n) is 10.8. The Hall–Kier alpha value is -0.870. The lowest BCUT2D eigenvalue weighted by molar-refractivity contribution is -0.132. The molecule has 0 saturated carbocycles. The fourth-order valence-electron chi connectivity index (χ4n) is 2.45. The van der Waals surface area contributed by atoms with Crippen LogP contribution in [0.1, 0.15) is 19.4 Å². The zero-order valence-corrected chi connectivity index (χ0v) is 12.4. The number of nitrogens with one attached hydrogen (secondary N) is 1. The maximum absolute atomic E-state index is 12.3. The van der Waals surface area contributed by atoms with Gasteiger partial charge in [0.1, 0.15) is 0 Å². The van der Waals surface area contributed by atoms with Crippen LogP contribution in [0, 0.1) is 0 Å². The predicted octanol–water partition coefficient (Wildman–Crippen LogP) is 2.20. The molecule has 1 aliphatic rings. The fourth-order valence-corrected chi connectivity index (χ4v) is 2.87. The maximum Gasteiger partial charge on any atom is 0.227 e. The van der Waals surface area contributed by atoms with Crippen LogP contribution in [-0.4, -0.2) is 36.0 Å². The van der Waals surface area contributed by atoms with Crippen LogP contribution in [-0.2, 0) is 11.2 Å². The van der Waals surface area contributed by atoms with Gasteiger partial charge in [0.2, 0.25) is 5.91 Å². The fraction of sp³-hybridized carbons (Fsp3) is 0.500. The van der Waals surface area contributed by atoms with Crippen LogP contribution in [0.25, 0.3) is 0 Å². The molecule has 4 heteroatoms. The number of hydrogen-bond acceptors (Lipinski definition) is 2. The lowest BCUT2D eigenvalue weighted by Crippen LogP contribution is -2.56. The Bertz CT molecular complexity index is 426. The van der Waals surface area contributed by atoms with E-state index in [1.54, 1.807) is 0 Å². The number of nitrogens with zero attached hydrogens (tertiary/aromatic N) is 1. The standard InChI is InChI=1S/C14H19BrN2O/c1-10-8-17(9-11(2)16-10)14(18)7-12-5-3-4-6-13(12)15/h3-6,10-11,16H,7-9H2,1-2H3/t10-,11+. The Kier molecular flexibility index (Phi) is 4.40. The number of piperazine rings is 1. The molecule has 2 atom stereocenters. The van der Waals surface area contributed by atoms with Crippen molar-refractivity contribution < 1.29 is 4.79 Å². The van der Waals surface area contributed by atoms with E-state index in [1.807, 2.05) is 29.2 Å². The quantitative estimate of drug-likeness (QED) is 0.908. The maximum atomic E-state index is 12.3. The number of hydrogen-bond donors (Lipinski definition) is 1. The average Bonchev–Trinajstić information content (AvgIpc) is 2.31. The van der Waals surface area contributed by atoms with Crippen molar-refractivity contribution in [2.45, 2.75) is 32.4 Å². The van der Waals surface area contributed by atoms with Gasteiger partial charge in [0.05, 0.1) is 6.42 Å². The van der Waals surface area contributed by atoms with Crippen LogP contribution >= 0.6 is 15.9 Å². The molecule has 0 radical (unpaired) electrons. The molecule has 1 aromatic rings. The monoisotopic (exact) mass is 310 g/mol. The normalized spacial score (nSPS) is 24.1. The number of carbonyl (C=O) groups is 1. The first-order valence-corrected chi connectivity index (χ1v) is 7.13. The number of halogens is 1. The summed E-state index contributed by atoms with van der Waals surface area (Å²) in [5.41, 5.74) is 1.06. The number of benzene rings is 1. The van der Waals surface area contributed by atoms with E-state index in [2.05, 4.69) is 35.1 Å². The summed E-state index contributed by atoms with van der Waals surface area (Å²) in [5, 5.41) is 3.44. The smallest absolute Gasteiger partial charge is 0.227 e. The molecular weight excluding hydrogens is 292 g/mol. The number of amides is 1. The van der Waals surface area contributed by atoms with E-state index in [0.29, 0.717) is 18.5 Å². The van der Waals surface area contributed by atoms with Gasteiger partial charge in [0, 0.05) is 29.6 Å². The Balaban J connectivity index is 2.02. The number of carbonyl (C=O) groups excluding carboxylic acids is 1. The van der Waals surface area contributed by atoms with Crippen LogP contribution < -0.4 is 5.32 Å². The van der Waals surface area contributed by atoms with Gasteiger partial charge < -0.3 is 10.2 Å². The van der Waals surface area contributed by atoms with E-state index < -0.39 is 0 Å². The Morgan fingerprint density at radius 1 is 1.33 bits per heavy atom. The minimum absolute atomic E-state index is 0.210. The Labute approximate surface area is 117 Å². The summed E-state index contributed by atoms with van der Waals surface area (Å²) in [7, 11) is 0. The summed E-state index contributed by atoms with van der Waals surface area (Å²) < 4.78 is 1.01. The van der Waals surface area contributed by atoms with Crippen LogP contribution in [0.4, 0.5) is 0 Å². The van der Waals surface area contributed by atoms with Gasteiger partial charge >= 0.3 is 0 Å². The molecule has 1 saturated heterocycles. The second-order valence-electron chi connectivity index (χ2n) is 5.04. The van der Waals surface area contributed by atoms with Crippen molar-refractivity contribution >= 4 is 21.8 Å². The molecule has 3 nitrogen and oxygen atoms in total. The van der Waals surface area contributed by atoms with Gasteiger partial charge in [-0.15, -0.1) is 0 Å². The van der Waals surface area contributed by atoms with Crippen molar-refractivity contribution in [1.29, 1.82) is 0 Å². The third kappa shape index (κ3) is 3.33. The molecule has 0 bridgehead atoms. The van der Waals surface area contributed by atoms with E-state index in [9.17, 15) is 4.79 Å². The molecule has 1 heterocycles. The SMILES string of the molecule is C[C@@H]1CN(C(=O)Cc2ccccc2Br)C[C@H](C)N1. The predicted molar refractivity (Wildman–Crippen MR) is 76.5 cm³/mol. The van der Waals surface area contributed by atoms with Gasteiger partial charge in [-0.05, 0) is 25.5 Å². The Morgan fingerprint density at radius 2 is 1.94 bits per heavy atom. The summed E-state index contributed by atoms with van der Waals surface area (Å²) in [4.78, 5) is 14.3. The van der Waals surface area contributed by atoms with E-state index >= 15 is 0 Å². The molecule has 0 unspecified atom stereocenters. The van der Waals surface area contributed by atoms with E-state index in [1.165, 1.54) is 0 Å². The van der Waals surface area contributed by atoms with Crippen molar-refractivity contribution in [3.8, 4) is 0 Å². The second kappa shape index (κ2) is 5.85. The summed E-state index contributed by atoms with van der Waals surface area (Å²) in [5.74, 6) is 0.210. The molecule has 18 heavy (non-hydrogen) atoms. The van der Waals surface area contributed by atoms with Gasteiger partial charge in [0.25, 0.3) is 0 Å². The Morgan fingerprint density at radius 3 is 2.56 bits per heavy atom. The summed E-state index contributed by atoms with van der Waals surface area (Å²) >= 11 is 3.49. The van der Waals surface area contributed by atoms with Gasteiger partial charge in [-0.3, -0.25) is 4.79 Å².